The Bertz CT molecular complexity index is 590. The minimum atomic E-state index is -0.608. The Morgan fingerprint density at radius 1 is 1.54 bits per heavy atom. The number of piperidine rings is 1. The second-order valence-electron chi connectivity index (χ2n) is 5.95. The van der Waals surface area contributed by atoms with Gasteiger partial charge in [0.05, 0.1) is 12.3 Å². The van der Waals surface area contributed by atoms with Gasteiger partial charge >= 0.3 is 5.88 Å². The first kappa shape index (κ1) is 17.9. The molecule has 1 aliphatic rings. The SMILES string of the molecule is CC1CCN(CCCN=C(N)NN=Cc2ccc([N+](=O)[O-])o2)CC1. The number of hydrogen-bond acceptors (Lipinski definition) is 6. The maximum absolute atomic E-state index is 10.5. The van der Waals surface area contributed by atoms with Gasteiger partial charge in [0.15, 0.2) is 5.76 Å². The fourth-order valence-electron chi connectivity index (χ4n) is 2.49. The number of hydrogen-bond donors (Lipinski definition) is 2. The molecule has 0 aromatic carbocycles. The lowest BCUT2D eigenvalue weighted by molar-refractivity contribution is -0.402. The van der Waals surface area contributed by atoms with Crippen molar-refractivity contribution in [2.75, 3.05) is 26.2 Å². The summed E-state index contributed by atoms with van der Waals surface area (Å²) in [6.07, 6.45) is 4.80. The van der Waals surface area contributed by atoms with E-state index in [-0.39, 0.29) is 17.6 Å². The molecule has 2 rings (SSSR count). The van der Waals surface area contributed by atoms with E-state index in [9.17, 15) is 10.1 Å². The topological polar surface area (TPSA) is 122 Å². The predicted octanol–water partition coefficient (Wildman–Crippen LogP) is 1.55. The highest BCUT2D eigenvalue weighted by Crippen LogP contribution is 2.15. The van der Waals surface area contributed by atoms with Crippen LogP contribution in [0.2, 0.25) is 0 Å². The molecule has 0 atom stereocenters. The van der Waals surface area contributed by atoms with Gasteiger partial charge in [0.2, 0.25) is 5.96 Å². The molecule has 9 nitrogen and oxygen atoms in total. The number of hydrazone groups is 1. The average Bonchev–Trinajstić information content (AvgIpc) is 3.02. The summed E-state index contributed by atoms with van der Waals surface area (Å²) in [5.74, 6) is 0.985. The van der Waals surface area contributed by atoms with Crippen LogP contribution in [0.5, 0.6) is 0 Å². The van der Waals surface area contributed by atoms with Crippen LogP contribution >= 0.6 is 0 Å². The largest absolute Gasteiger partial charge is 0.433 e. The quantitative estimate of drug-likeness (QED) is 0.256. The summed E-state index contributed by atoms with van der Waals surface area (Å²) in [4.78, 5) is 16.5. The molecule has 1 aromatic rings. The maximum atomic E-state index is 10.5. The third kappa shape index (κ3) is 5.99. The van der Waals surface area contributed by atoms with Crippen molar-refractivity contribution >= 4 is 18.1 Å². The Kier molecular flexibility index (Phi) is 6.74. The first-order valence-electron chi connectivity index (χ1n) is 8.10. The van der Waals surface area contributed by atoms with E-state index in [1.165, 1.54) is 31.2 Å². The van der Waals surface area contributed by atoms with Crippen LogP contribution in [0.25, 0.3) is 0 Å². The van der Waals surface area contributed by atoms with Crippen LogP contribution in [0.3, 0.4) is 0 Å². The van der Waals surface area contributed by atoms with Gasteiger partial charge in [-0.1, -0.05) is 6.92 Å². The molecule has 3 N–H and O–H groups in total. The van der Waals surface area contributed by atoms with Gasteiger partial charge in [0.1, 0.15) is 4.92 Å². The van der Waals surface area contributed by atoms with E-state index in [1.807, 2.05) is 0 Å². The lowest BCUT2D eigenvalue weighted by Gasteiger charge is -2.29. The summed E-state index contributed by atoms with van der Waals surface area (Å²) in [6, 6.07) is 2.72. The molecule has 1 fully saturated rings. The molecule has 132 valence electrons. The van der Waals surface area contributed by atoms with Crippen molar-refractivity contribution in [2.45, 2.75) is 26.2 Å². The Hall–Kier alpha value is -2.42. The van der Waals surface area contributed by atoms with Crippen LogP contribution < -0.4 is 11.2 Å². The highest BCUT2D eigenvalue weighted by atomic mass is 16.6. The molecule has 1 aromatic heterocycles. The van der Waals surface area contributed by atoms with Crippen LogP contribution in [0, 0.1) is 16.0 Å². The number of likely N-dealkylation sites (tertiary alicyclic amines) is 1. The summed E-state index contributed by atoms with van der Waals surface area (Å²) in [6.45, 7) is 6.29. The first-order chi connectivity index (χ1) is 11.5. The lowest BCUT2D eigenvalue weighted by Crippen LogP contribution is -2.34. The van der Waals surface area contributed by atoms with Gasteiger partial charge in [0, 0.05) is 6.54 Å². The molecule has 2 heterocycles. The van der Waals surface area contributed by atoms with Crippen LogP contribution in [0.4, 0.5) is 5.88 Å². The van der Waals surface area contributed by atoms with Crippen LogP contribution in [-0.4, -0.2) is 48.2 Å². The number of nitrogens with one attached hydrogen (secondary N) is 1. The monoisotopic (exact) mass is 336 g/mol. The molecule has 24 heavy (non-hydrogen) atoms. The predicted molar refractivity (Wildman–Crippen MR) is 92.0 cm³/mol. The van der Waals surface area contributed by atoms with Gasteiger partial charge in [0.25, 0.3) is 0 Å². The number of furan rings is 1. The van der Waals surface area contributed by atoms with E-state index in [0.29, 0.717) is 6.54 Å². The van der Waals surface area contributed by atoms with Gasteiger partial charge in [-0.3, -0.25) is 15.1 Å². The molecule has 1 aliphatic heterocycles. The van der Waals surface area contributed by atoms with Crippen molar-refractivity contribution in [2.24, 2.45) is 21.7 Å². The zero-order valence-corrected chi connectivity index (χ0v) is 13.9. The third-order valence-corrected chi connectivity index (χ3v) is 3.95. The lowest BCUT2D eigenvalue weighted by atomic mass is 9.99. The minimum absolute atomic E-state index is 0.208. The van der Waals surface area contributed by atoms with E-state index in [4.69, 9.17) is 10.2 Å². The number of nitrogens with two attached hydrogens (primary N) is 1. The molecule has 1 saturated heterocycles. The van der Waals surface area contributed by atoms with Crippen molar-refractivity contribution in [1.82, 2.24) is 10.3 Å². The Morgan fingerprint density at radius 2 is 2.29 bits per heavy atom. The van der Waals surface area contributed by atoms with Crippen LogP contribution in [0.15, 0.2) is 26.6 Å². The number of rotatable bonds is 7. The van der Waals surface area contributed by atoms with Crippen molar-refractivity contribution in [3.8, 4) is 0 Å². The molecule has 0 aliphatic carbocycles. The van der Waals surface area contributed by atoms with Crippen LogP contribution in [-0.2, 0) is 0 Å². The zero-order valence-electron chi connectivity index (χ0n) is 13.9. The average molecular weight is 336 g/mol. The normalized spacial score (nSPS) is 17.5. The van der Waals surface area contributed by atoms with Gasteiger partial charge in [-0.15, -0.1) is 0 Å². The number of guanidine groups is 1. The number of nitrogens with zero attached hydrogens (tertiary/aromatic N) is 4. The van der Waals surface area contributed by atoms with Crippen molar-refractivity contribution in [3.63, 3.8) is 0 Å². The van der Waals surface area contributed by atoms with Crippen molar-refractivity contribution < 1.29 is 9.34 Å². The van der Waals surface area contributed by atoms with Crippen LogP contribution in [0.1, 0.15) is 31.9 Å². The van der Waals surface area contributed by atoms with E-state index in [0.717, 1.165) is 32.0 Å². The molecule has 0 radical (unpaired) electrons. The number of aliphatic imine (C=N–C) groups is 1. The molecular weight excluding hydrogens is 312 g/mol. The van der Waals surface area contributed by atoms with Crippen molar-refractivity contribution in [3.05, 3.63) is 28.0 Å². The summed E-state index contributed by atoms with van der Waals surface area (Å²) < 4.78 is 4.93. The summed E-state index contributed by atoms with van der Waals surface area (Å²) in [5.41, 5.74) is 8.27. The van der Waals surface area contributed by atoms with E-state index in [2.05, 4.69) is 27.3 Å². The molecule has 0 saturated carbocycles. The highest BCUT2D eigenvalue weighted by Gasteiger charge is 2.14. The third-order valence-electron chi connectivity index (χ3n) is 3.95. The zero-order chi connectivity index (χ0) is 17.4. The van der Waals surface area contributed by atoms with E-state index in [1.54, 1.807) is 0 Å². The van der Waals surface area contributed by atoms with Gasteiger partial charge < -0.3 is 15.1 Å². The molecular formula is C15H24N6O3. The first-order valence-corrected chi connectivity index (χ1v) is 8.10. The van der Waals surface area contributed by atoms with E-state index >= 15 is 0 Å². The number of nitro groups is 1. The highest BCUT2D eigenvalue weighted by molar-refractivity contribution is 5.81. The smallest absolute Gasteiger partial charge is 0.400 e. The van der Waals surface area contributed by atoms with Crippen molar-refractivity contribution in [1.29, 1.82) is 0 Å². The summed E-state index contributed by atoms with van der Waals surface area (Å²) in [7, 11) is 0. The summed E-state index contributed by atoms with van der Waals surface area (Å²) >= 11 is 0. The second kappa shape index (κ2) is 9.02. The molecule has 0 spiro atoms. The van der Waals surface area contributed by atoms with E-state index < -0.39 is 4.92 Å². The Labute approximate surface area is 140 Å². The fraction of sp³-hybridized carbons (Fsp3) is 0.600. The molecule has 0 unspecified atom stereocenters. The fourth-order valence-corrected chi connectivity index (χ4v) is 2.49. The van der Waals surface area contributed by atoms with Gasteiger partial charge in [-0.25, -0.2) is 5.43 Å². The second-order valence-corrected chi connectivity index (χ2v) is 5.95. The molecule has 9 heteroatoms. The minimum Gasteiger partial charge on any atom is -0.400 e. The Morgan fingerprint density at radius 3 is 2.96 bits per heavy atom. The van der Waals surface area contributed by atoms with Gasteiger partial charge in [-0.2, -0.15) is 5.10 Å². The summed E-state index contributed by atoms with van der Waals surface area (Å²) in [5, 5.41) is 14.3. The van der Waals surface area contributed by atoms with Gasteiger partial charge in [-0.05, 0) is 50.9 Å². The Balaban J connectivity index is 1.64. The molecule has 0 amide bonds. The maximum Gasteiger partial charge on any atom is 0.433 e. The standard InChI is InChI=1S/C15H24N6O3/c1-12-5-9-20(10-6-12)8-2-7-17-15(16)19-18-11-13-3-4-14(24-13)21(22)23/h3-4,11-12H,2,5-10H2,1H3,(H3,16,17,19). The molecule has 0 bridgehead atoms.